The summed E-state index contributed by atoms with van der Waals surface area (Å²) in [6, 6.07) is 16.0. The molecular formula is C17H16ClNOS. The highest BCUT2D eigenvalue weighted by molar-refractivity contribution is 8.01. The molecular weight excluding hydrogens is 302 g/mol. The Hall–Kier alpha value is -1.45. The fourth-order valence-electron chi connectivity index (χ4n) is 2.46. The van der Waals surface area contributed by atoms with Crippen molar-refractivity contribution in [2.45, 2.75) is 23.0 Å². The van der Waals surface area contributed by atoms with Gasteiger partial charge in [0, 0.05) is 16.5 Å². The van der Waals surface area contributed by atoms with Crippen LogP contribution in [0.3, 0.4) is 0 Å². The number of carbonyl (C=O) groups is 1. The van der Waals surface area contributed by atoms with Gasteiger partial charge in [0.2, 0.25) is 5.91 Å². The minimum absolute atomic E-state index is 0.00163. The molecule has 0 saturated carbocycles. The van der Waals surface area contributed by atoms with E-state index in [4.69, 9.17) is 11.6 Å². The molecule has 0 aliphatic carbocycles. The van der Waals surface area contributed by atoms with Gasteiger partial charge < -0.3 is 5.32 Å². The van der Waals surface area contributed by atoms with Crippen LogP contribution in [0.15, 0.2) is 53.4 Å². The van der Waals surface area contributed by atoms with Crippen molar-refractivity contribution in [1.29, 1.82) is 0 Å². The molecule has 0 bridgehead atoms. The number of thioether (sulfide) groups is 1. The monoisotopic (exact) mass is 317 g/mol. The second-order valence-corrected chi connectivity index (χ2v) is 6.77. The molecule has 1 N–H and O–H groups in total. The van der Waals surface area contributed by atoms with E-state index in [1.807, 2.05) is 36.4 Å². The van der Waals surface area contributed by atoms with E-state index in [0.717, 1.165) is 23.4 Å². The summed E-state index contributed by atoms with van der Waals surface area (Å²) in [5.74, 6) is 0.123. The van der Waals surface area contributed by atoms with Crippen LogP contribution < -0.4 is 5.32 Å². The van der Waals surface area contributed by atoms with Gasteiger partial charge in [-0.3, -0.25) is 4.79 Å². The number of fused-ring (bicyclic) bond motifs is 1. The Morgan fingerprint density at radius 1 is 1.24 bits per heavy atom. The van der Waals surface area contributed by atoms with Crippen LogP contribution in [0.1, 0.15) is 11.1 Å². The molecule has 1 heterocycles. The van der Waals surface area contributed by atoms with Gasteiger partial charge in [0.15, 0.2) is 0 Å². The van der Waals surface area contributed by atoms with Crippen LogP contribution in [-0.2, 0) is 17.6 Å². The van der Waals surface area contributed by atoms with Gasteiger partial charge in [-0.05, 0) is 42.2 Å². The lowest BCUT2D eigenvalue weighted by Gasteiger charge is -2.10. The Kier molecular flexibility index (Phi) is 4.51. The lowest BCUT2D eigenvalue weighted by Crippen LogP contribution is -2.33. The lowest BCUT2D eigenvalue weighted by atomic mass is 10.1. The number of hydrogen-bond donors (Lipinski definition) is 1. The van der Waals surface area contributed by atoms with E-state index >= 15 is 0 Å². The molecule has 0 fully saturated rings. The molecule has 0 saturated heterocycles. The van der Waals surface area contributed by atoms with Crippen molar-refractivity contribution in [2.24, 2.45) is 0 Å². The standard InChI is InChI=1S/C17H16ClNOS/c18-14-6-3-4-12(10-14)8-9-19-17(20)16-11-13-5-1-2-7-15(13)21-16/h1-7,10,16H,8-9,11H2,(H,19,20). The second-order valence-electron chi connectivity index (χ2n) is 5.09. The van der Waals surface area contributed by atoms with Crippen molar-refractivity contribution < 1.29 is 4.79 Å². The zero-order chi connectivity index (χ0) is 14.7. The predicted octanol–water partition coefficient (Wildman–Crippen LogP) is 3.72. The van der Waals surface area contributed by atoms with Crippen molar-refractivity contribution in [1.82, 2.24) is 5.32 Å². The van der Waals surface area contributed by atoms with E-state index < -0.39 is 0 Å². The highest BCUT2D eigenvalue weighted by Gasteiger charge is 2.27. The third-order valence-corrected chi connectivity index (χ3v) is 5.09. The van der Waals surface area contributed by atoms with E-state index in [1.54, 1.807) is 11.8 Å². The summed E-state index contributed by atoms with van der Waals surface area (Å²) in [6.07, 6.45) is 1.63. The molecule has 3 rings (SSSR count). The van der Waals surface area contributed by atoms with E-state index in [9.17, 15) is 4.79 Å². The molecule has 0 spiro atoms. The number of nitrogens with one attached hydrogen (secondary N) is 1. The largest absolute Gasteiger partial charge is 0.355 e. The van der Waals surface area contributed by atoms with Gasteiger partial charge in [-0.15, -0.1) is 11.8 Å². The van der Waals surface area contributed by atoms with E-state index in [0.29, 0.717) is 6.54 Å². The SMILES string of the molecule is O=C(NCCc1cccc(Cl)c1)C1Cc2ccccc2S1. The third-order valence-electron chi connectivity index (χ3n) is 3.54. The smallest absolute Gasteiger partial charge is 0.233 e. The minimum atomic E-state index is 0.00163. The van der Waals surface area contributed by atoms with Crippen molar-refractivity contribution in [3.05, 3.63) is 64.7 Å². The zero-order valence-electron chi connectivity index (χ0n) is 11.5. The molecule has 1 amide bonds. The summed E-state index contributed by atoms with van der Waals surface area (Å²) >= 11 is 7.61. The Balaban J connectivity index is 1.50. The molecule has 1 unspecified atom stereocenters. The quantitative estimate of drug-likeness (QED) is 0.931. The number of rotatable bonds is 4. The first-order valence-corrected chi connectivity index (χ1v) is 8.25. The number of amides is 1. The first-order valence-electron chi connectivity index (χ1n) is 6.99. The topological polar surface area (TPSA) is 29.1 Å². The van der Waals surface area contributed by atoms with Gasteiger partial charge in [0.05, 0.1) is 5.25 Å². The third kappa shape index (κ3) is 3.60. The van der Waals surface area contributed by atoms with Crippen LogP contribution in [0.4, 0.5) is 0 Å². The minimum Gasteiger partial charge on any atom is -0.355 e. The van der Waals surface area contributed by atoms with Gasteiger partial charge in [-0.1, -0.05) is 41.9 Å². The lowest BCUT2D eigenvalue weighted by molar-refractivity contribution is -0.120. The fourth-order valence-corrected chi connectivity index (χ4v) is 3.90. The molecule has 2 aromatic carbocycles. The summed E-state index contributed by atoms with van der Waals surface area (Å²) in [5.41, 5.74) is 2.42. The van der Waals surface area contributed by atoms with Gasteiger partial charge in [0.1, 0.15) is 0 Å². The average molecular weight is 318 g/mol. The van der Waals surface area contributed by atoms with E-state index in [-0.39, 0.29) is 11.2 Å². The van der Waals surface area contributed by atoms with Crippen LogP contribution in [0, 0.1) is 0 Å². The Labute approximate surface area is 133 Å². The zero-order valence-corrected chi connectivity index (χ0v) is 13.1. The maximum absolute atomic E-state index is 12.2. The van der Waals surface area contributed by atoms with Crippen molar-refractivity contribution in [3.8, 4) is 0 Å². The summed E-state index contributed by atoms with van der Waals surface area (Å²) < 4.78 is 0. The molecule has 1 aliphatic heterocycles. The average Bonchev–Trinajstić information content (AvgIpc) is 2.91. The first-order chi connectivity index (χ1) is 10.2. The molecule has 1 aliphatic rings. The maximum atomic E-state index is 12.2. The van der Waals surface area contributed by atoms with Crippen LogP contribution >= 0.6 is 23.4 Å². The Bertz CT molecular complexity index is 634. The van der Waals surface area contributed by atoms with Crippen LogP contribution in [0.5, 0.6) is 0 Å². The molecule has 4 heteroatoms. The van der Waals surface area contributed by atoms with Gasteiger partial charge in [-0.25, -0.2) is 0 Å². The van der Waals surface area contributed by atoms with Gasteiger partial charge in [-0.2, -0.15) is 0 Å². The summed E-state index contributed by atoms with van der Waals surface area (Å²) in [7, 11) is 0. The molecule has 1 atom stereocenters. The highest BCUT2D eigenvalue weighted by Crippen LogP contribution is 2.36. The molecule has 108 valence electrons. The van der Waals surface area contributed by atoms with Crippen LogP contribution in [-0.4, -0.2) is 17.7 Å². The highest BCUT2D eigenvalue weighted by atomic mass is 35.5. The van der Waals surface area contributed by atoms with Gasteiger partial charge >= 0.3 is 0 Å². The number of hydrogen-bond acceptors (Lipinski definition) is 2. The van der Waals surface area contributed by atoms with E-state index in [1.165, 1.54) is 10.5 Å². The first kappa shape index (κ1) is 14.5. The normalized spacial score (nSPS) is 16.5. The fraction of sp³-hybridized carbons (Fsp3) is 0.235. The summed E-state index contributed by atoms with van der Waals surface area (Å²) in [4.78, 5) is 13.4. The van der Waals surface area contributed by atoms with Crippen LogP contribution in [0.2, 0.25) is 5.02 Å². The molecule has 0 radical (unpaired) electrons. The van der Waals surface area contributed by atoms with Gasteiger partial charge in [0.25, 0.3) is 0 Å². The predicted molar refractivity (Wildman–Crippen MR) is 88.0 cm³/mol. The van der Waals surface area contributed by atoms with Crippen molar-refractivity contribution in [3.63, 3.8) is 0 Å². The maximum Gasteiger partial charge on any atom is 0.233 e. The number of benzene rings is 2. The molecule has 0 aromatic heterocycles. The summed E-state index contributed by atoms with van der Waals surface area (Å²) in [5, 5.41) is 3.76. The summed E-state index contributed by atoms with van der Waals surface area (Å²) in [6.45, 7) is 0.645. The van der Waals surface area contributed by atoms with Crippen molar-refractivity contribution >= 4 is 29.3 Å². The molecule has 21 heavy (non-hydrogen) atoms. The van der Waals surface area contributed by atoms with E-state index in [2.05, 4.69) is 17.4 Å². The Morgan fingerprint density at radius 2 is 2.10 bits per heavy atom. The second kappa shape index (κ2) is 6.54. The number of halogens is 1. The Morgan fingerprint density at radius 3 is 2.90 bits per heavy atom. The molecule has 2 nitrogen and oxygen atoms in total. The van der Waals surface area contributed by atoms with Crippen molar-refractivity contribution in [2.75, 3.05) is 6.54 Å². The number of carbonyl (C=O) groups excluding carboxylic acids is 1. The molecule has 2 aromatic rings. The van der Waals surface area contributed by atoms with Crippen LogP contribution in [0.25, 0.3) is 0 Å².